The third kappa shape index (κ3) is 13.8. The number of hydrogen-bond donors (Lipinski definition) is 7. The number of benzene rings is 3. The third-order valence-electron chi connectivity index (χ3n) is 11.3. The summed E-state index contributed by atoms with van der Waals surface area (Å²) >= 11 is 0. The first-order chi connectivity index (χ1) is 35.6. The first kappa shape index (κ1) is 54.5. The highest BCUT2D eigenvalue weighted by molar-refractivity contribution is 7.69. The molecule has 4 aliphatic rings. The predicted octanol–water partition coefficient (Wildman–Crippen LogP) is 3.56. The van der Waals surface area contributed by atoms with Crippen LogP contribution >= 0.6 is 31.3 Å². The van der Waals surface area contributed by atoms with E-state index in [0.717, 1.165) is 44.7 Å². The van der Waals surface area contributed by atoms with E-state index in [1.165, 1.54) is 24.4 Å². The molecule has 0 aliphatic carbocycles. The largest absolute Gasteiger partial charge is 0.490 e. The van der Waals surface area contributed by atoms with Gasteiger partial charge in [-0.1, -0.05) is 60.7 Å². The molecule has 14 atom stereocenters. The van der Waals surface area contributed by atoms with E-state index in [1.807, 2.05) is 0 Å². The highest BCUT2D eigenvalue weighted by atomic mass is 31.3. The van der Waals surface area contributed by atoms with E-state index in [-0.39, 0.29) is 24.3 Å². The quantitative estimate of drug-likeness (QED) is 0.0548. The summed E-state index contributed by atoms with van der Waals surface area (Å²) < 4.78 is 125. The summed E-state index contributed by atoms with van der Waals surface area (Å²) in [6.07, 6.45) is -9.32. The smallest absolute Gasteiger partial charge is 0.346 e. The molecule has 0 bridgehead atoms. The van der Waals surface area contributed by atoms with Crippen molar-refractivity contribution in [2.75, 3.05) is 23.8 Å². The van der Waals surface area contributed by atoms with Crippen molar-refractivity contribution in [3.63, 3.8) is 0 Å². The fourth-order valence-corrected chi connectivity index (χ4v) is 13.2. The van der Waals surface area contributed by atoms with Crippen molar-refractivity contribution in [2.45, 2.75) is 74.5 Å². The summed E-state index contributed by atoms with van der Waals surface area (Å²) in [5.41, 5.74) is -0.845. The van der Waals surface area contributed by atoms with Crippen LogP contribution in [0.4, 0.5) is 20.7 Å². The number of urea groups is 1. The molecule has 34 heteroatoms. The van der Waals surface area contributed by atoms with Crippen LogP contribution in [0.15, 0.2) is 124 Å². The van der Waals surface area contributed by atoms with Crippen molar-refractivity contribution in [3.8, 4) is 0 Å². The summed E-state index contributed by atoms with van der Waals surface area (Å²) in [5.74, 6) is -0.748. The molecule has 0 spiro atoms. The van der Waals surface area contributed by atoms with Crippen molar-refractivity contribution in [2.24, 2.45) is 0 Å². The molecule has 402 valence electrons. The standard InChI is InChI=1S/C41H43FN6O23P4/c42-25-11-13-26(14-12-25)43-39(50)44-29-15-17-47(40(51)45-29)37-35-33(65-31(67-35)19-23-7-3-1-4-8-23)27(63-37)21-61-72(53,54)69-74(57,58)71-75(59,60)70-73(55,56)62-22-28-34-36(38(64-28)48-18-16-30(49)46-41(48)52)68-32(66-34)20-24-9-5-2-6-10-24/h1-18,27-28,31-38H,19-22H2,(H,53,54)(H,55,56)(H,57,58)(H,59,60)(H,46,49,52)(H2,43,44,45,50,51)/t27-,28-,31-,32-,33-,34-,35-,36-,37-,38-/m1/s1. The number of fused-ring (bicyclic) bond motifs is 2. The van der Waals surface area contributed by atoms with Crippen molar-refractivity contribution in [3.05, 3.63) is 158 Å². The molecule has 2 amide bonds. The average molecular weight is 1130 g/mol. The number of nitrogens with one attached hydrogen (secondary N) is 3. The van der Waals surface area contributed by atoms with Crippen molar-refractivity contribution in [1.29, 1.82) is 0 Å². The van der Waals surface area contributed by atoms with Crippen LogP contribution in [0.2, 0.25) is 0 Å². The van der Waals surface area contributed by atoms with Gasteiger partial charge in [0.2, 0.25) is 0 Å². The number of aromatic nitrogens is 4. The molecule has 3 aromatic carbocycles. The predicted molar refractivity (Wildman–Crippen MR) is 249 cm³/mol. The van der Waals surface area contributed by atoms with Crippen molar-refractivity contribution in [1.82, 2.24) is 19.1 Å². The van der Waals surface area contributed by atoms with Gasteiger partial charge in [-0.2, -0.15) is 17.9 Å². The highest BCUT2D eigenvalue weighted by Crippen LogP contribution is 2.71. The van der Waals surface area contributed by atoms with Gasteiger partial charge < -0.3 is 53.3 Å². The number of amides is 2. The van der Waals surface area contributed by atoms with Crippen LogP contribution in [0.1, 0.15) is 23.6 Å². The maximum atomic E-state index is 13.3. The number of phosphoric acid groups is 4. The van der Waals surface area contributed by atoms with Crippen LogP contribution in [0.25, 0.3) is 0 Å². The molecule has 4 saturated heterocycles. The molecule has 4 unspecified atom stereocenters. The first-order valence-corrected chi connectivity index (χ1v) is 28.0. The van der Waals surface area contributed by atoms with Crippen LogP contribution in [0.5, 0.6) is 0 Å². The molecular weight excluding hydrogens is 1090 g/mol. The van der Waals surface area contributed by atoms with Gasteiger partial charge in [-0.25, -0.2) is 37.0 Å². The summed E-state index contributed by atoms with van der Waals surface area (Å²) in [4.78, 5) is 97.8. The minimum atomic E-state index is -6.28. The molecule has 75 heavy (non-hydrogen) atoms. The molecule has 4 fully saturated rings. The minimum Gasteiger partial charge on any atom is -0.346 e. The zero-order valence-corrected chi connectivity index (χ0v) is 41.6. The zero-order valence-electron chi connectivity index (χ0n) is 38.0. The highest BCUT2D eigenvalue weighted by Gasteiger charge is 2.56. The lowest BCUT2D eigenvalue weighted by molar-refractivity contribution is -0.150. The molecule has 9 rings (SSSR count). The van der Waals surface area contributed by atoms with Crippen LogP contribution in [-0.4, -0.2) is 107 Å². The van der Waals surface area contributed by atoms with Crippen LogP contribution in [-0.2, 0) is 81.5 Å². The van der Waals surface area contributed by atoms with Crippen molar-refractivity contribution >= 4 is 48.8 Å². The Morgan fingerprint density at radius 1 is 0.600 bits per heavy atom. The second-order valence-corrected chi connectivity index (χ2v) is 22.8. The molecule has 0 saturated carbocycles. The third-order valence-corrected chi connectivity index (χ3v) is 17.2. The van der Waals surface area contributed by atoms with E-state index in [2.05, 4.69) is 33.5 Å². The van der Waals surface area contributed by atoms with E-state index in [0.29, 0.717) is 0 Å². The normalized spacial score (nSPS) is 28.3. The van der Waals surface area contributed by atoms with E-state index in [4.69, 9.17) is 37.5 Å². The number of carbonyl (C=O) groups is 1. The number of hydrogen-bond acceptors (Lipinski definition) is 20. The number of H-pyrrole nitrogens is 1. The summed E-state index contributed by atoms with van der Waals surface area (Å²) in [6, 6.07) is 24.0. The van der Waals surface area contributed by atoms with E-state index in [1.54, 1.807) is 60.7 Å². The Bertz CT molecular complexity index is 3250. The second-order valence-electron chi connectivity index (χ2n) is 16.6. The fraction of sp³-hybridized carbons (Fsp3) is 0.341. The van der Waals surface area contributed by atoms with Crippen LogP contribution in [0.3, 0.4) is 0 Å². The van der Waals surface area contributed by atoms with Gasteiger partial charge in [-0.15, -0.1) is 0 Å². The maximum Gasteiger partial charge on any atom is 0.490 e. The Labute approximate surface area is 420 Å². The molecule has 6 heterocycles. The lowest BCUT2D eigenvalue weighted by Crippen LogP contribution is -2.36. The van der Waals surface area contributed by atoms with Crippen molar-refractivity contribution < 1.29 is 97.4 Å². The fourth-order valence-electron chi connectivity index (χ4n) is 8.24. The SMILES string of the molecule is O=C(Nc1ccc(F)cc1)Nc1ccn([C@@H]2O[C@H](COP(=O)(O)OP(=O)(O)OP(=O)(O)OP(=O)(O)OC[C@H]3O[C@@H](n4ccc(=O)[nH]c4=O)[C@@H]4O[C@H](Cc5ccccc5)O[C@@H]43)[C@H]3O[C@@H](Cc4ccccc4)O[C@H]32)c(=O)n1. The van der Waals surface area contributed by atoms with Gasteiger partial charge in [0.05, 0.1) is 13.2 Å². The molecule has 5 aromatic rings. The Kier molecular flexibility index (Phi) is 16.3. The van der Waals surface area contributed by atoms with Gasteiger partial charge in [-0.05, 0) is 41.5 Å². The van der Waals surface area contributed by atoms with E-state index < -0.39 is 135 Å². The minimum absolute atomic E-state index is 0.171. The number of rotatable bonds is 20. The Hall–Kier alpha value is -5.26. The van der Waals surface area contributed by atoms with Crippen LogP contribution in [0, 0.1) is 5.82 Å². The molecule has 4 aliphatic heterocycles. The van der Waals surface area contributed by atoms with Gasteiger partial charge in [0.1, 0.15) is 48.3 Å². The summed E-state index contributed by atoms with van der Waals surface area (Å²) in [6.45, 7) is -2.01. The zero-order chi connectivity index (χ0) is 53.3. The first-order valence-electron chi connectivity index (χ1n) is 22.1. The number of halogens is 1. The number of phosphoric ester groups is 2. The lowest BCUT2D eigenvalue weighted by atomic mass is 10.1. The Morgan fingerprint density at radius 3 is 1.56 bits per heavy atom. The van der Waals surface area contributed by atoms with Gasteiger partial charge in [0.25, 0.3) is 5.56 Å². The Morgan fingerprint density at radius 2 is 1.07 bits per heavy atom. The monoisotopic (exact) mass is 1130 g/mol. The molecule has 29 nitrogen and oxygen atoms in total. The van der Waals surface area contributed by atoms with Crippen LogP contribution < -0.4 is 27.6 Å². The number of nitrogens with zero attached hydrogens (tertiary/aromatic N) is 3. The lowest BCUT2D eigenvalue weighted by Gasteiger charge is -2.23. The van der Waals surface area contributed by atoms with E-state index in [9.17, 15) is 61.4 Å². The average Bonchev–Trinajstić information content (AvgIpc) is 4.09. The number of ether oxygens (including phenoxy) is 6. The van der Waals surface area contributed by atoms with Gasteiger partial charge in [0, 0.05) is 37.0 Å². The van der Waals surface area contributed by atoms with Gasteiger partial charge in [-0.3, -0.25) is 33.3 Å². The summed E-state index contributed by atoms with van der Waals surface area (Å²) in [7, 11) is -24.2. The molecule has 7 N–H and O–H groups in total. The Balaban J connectivity index is 0.816. The summed E-state index contributed by atoms with van der Waals surface area (Å²) in [5, 5.41) is 4.80. The van der Waals surface area contributed by atoms with Gasteiger partial charge in [0.15, 0.2) is 25.0 Å². The van der Waals surface area contributed by atoms with E-state index >= 15 is 0 Å². The topological polar surface area (TPSA) is 382 Å². The number of carbonyl (C=O) groups excluding carboxylic acids is 1. The molecular formula is C41H43FN6O23P4. The number of aromatic amines is 1. The molecule has 2 aromatic heterocycles. The second kappa shape index (κ2) is 22.4. The van der Waals surface area contributed by atoms with Gasteiger partial charge >= 0.3 is 48.7 Å². The maximum absolute atomic E-state index is 13.3. The molecule has 0 radical (unpaired) electrons. The number of anilines is 2.